The fraction of sp³-hybridized carbons (Fsp3) is 0.320. The molecule has 1 amide bonds. The zero-order valence-corrected chi connectivity index (χ0v) is 19.9. The van der Waals surface area contributed by atoms with Crippen molar-refractivity contribution in [3.63, 3.8) is 0 Å². The highest BCUT2D eigenvalue weighted by Gasteiger charge is 2.38. The number of rotatable bonds is 11. The molecule has 0 radical (unpaired) electrons. The molecule has 0 heterocycles. The van der Waals surface area contributed by atoms with Crippen LogP contribution in [-0.2, 0) is 28.5 Å². The Kier molecular flexibility index (Phi) is 10.1. The summed E-state index contributed by atoms with van der Waals surface area (Å²) in [5, 5.41) is 20.4. The Morgan fingerprint density at radius 2 is 1.74 bits per heavy atom. The van der Waals surface area contributed by atoms with E-state index in [4.69, 9.17) is 14.6 Å². The molecule has 0 aliphatic rings. The first-order valence-corrected chi connectivity index (χ1v) is 11.0. The highest BCUT2D eigenvalue weighted by atomic mass is 19.4. The predicted octanol–water partition coefficient (Wildman–Crippen LogP) is 5.59. The van der Waals surface area contributed by atoms with Gasteiger partial charge in [0.1, 0.15) is 18.2 Å². The van der Waals surface area contributed by atoms with Crippen molar-refractivity contribution in [2.75, 3.05) is 13.7 Å². The number of unbranched alkanes of at least 4 members (excludes halogenated alkanes) is 1. The molecule has 0 saturated carbocycles. The number of carbonyl (C=O) groups excluding carboxylic acids is 1. The van der Waals surface area contributed by atoms with Crippen LogP contribution in [0.1, 0.15) is 41.5 Å². The van der Waals surface area contributed by atoms with Crippen LogP contribution in [0.4, 0.5) is 26.3 Å². The second kappa shape index (κ2) is 12.8. The second-order valence-corrected chi connectivity index (χ2v) is 7.84. The summed E-state index contributed by atoms with van der Waals surface area (Å²) in [5.41, 5.74) is -3.41. The Bertz CT molecular complexity index is 1230. The molecule has 0 aliphatic heterocycles. The molecular formula is C25H22F6N2O5. The number of halogens is 6. The van der Waals surface area contributed by atoms with Gasteiger partial charge < -0.3 is 19.9 Å². The molecule has 0 aromatic heterocycles. The zero-order valence-electron chi connectivity index (χ0n) is 19.9. The lowest BCUT2D eigenvalue weighted by atomic mass is 10.0. The van der Waals surface area contributed by atoms with Crippen molar-refractivity contribution in [3.05, 3.63) is 64.2 Å². The van der Waals surface area contributed by atoms with E-state index in [2.05, 4.69) is 5.32 Å². The van der Waals surface area contributed by atoms with Crippen LogP contribution in [-0.4, -0.2) is 30.6 Å². The van der Waals surface area contributed by atoms with Gasteiger partial charge in [-0.25, -0.2) is 0 Å². The van der Waals surface area contributed by atoms with Crippen molar-refractivity contribution in [1.29, 1.82) is 5.26 Å². The summed E-state index contributed by atoms with van der Waals surface area (Å²) >= 11 is 0. The van der Waals surface area contributed by atoms with Gasteiger partial charge in [0.15, 0.2) is 11.5 Å². The predicted molar refractivity (Wildman–Crippen MR) is 122 cm³/mol. The van der Waals surface area contributed by atoms with E-state index in [9.17, 15) is 41.2 Å². The average Bonchev–Trinajstić information content (AvgIpc) is 2.84. The smallest absolute Gasteiger partial charge is 0.416 e. The largest absolute Gasteiger partial charge is 0.493 e. The van der Waals surface area contributed by atoms with E-state index in [-0.39, 0.29) is 36.1 Å². The SMILES string of the molecule is COc1cc(C=C(C#N)C(=O)NCCCCC(=O)O)ccc1OCc1ccc(C(F)(F)F)cc1C(F)(F)F. The number of aliphatic carboxylic acids is 1. The summed E-state index contributed by atoms with van der Waals surface area (Å²) in [6.07, 6.45) is -8.09. The number of nitrogens with one attached hydrogen (secondary N) is 1. The van der Waals surface area contributed by atoms with E-state index in [1.165, 1.54) is 31.4 Å². The molecule has 0 spiro atoms. The minimum absolute atomic E-state index is 0.0183. The second-order valence-electron chi connectivity index (χ2n) is 7.84. The lowest BCUT2D eigenvalue weighted by molar-refractivity contribution is -0.144. The van der Waals surface area contributed by atoms with Gasteiger partial charge in [0, 0.05) is 18.5 Å². The molecule has 13 heteroatoms. The molecular weight excluding hydrogens is 522 g/mol. The number of ether oxygens (including phenoxy) is 2. The van der Waals surface area contributed by atoms with Gasteiger partial charge in [-0.2, -0.15) is 31.6 Å². The zero-order chi connectivity index (χ0) is 28.5. The maximum absolute atomic E-state index is 13.4. The van der Waals surface area contributed by atoms with Crippen LogP contribution in [0.25, 0.3) is 6.08 Å². The topological polar surface area (TPSA) is 109 Å². The van der Waals surface area contributed by atoms with E-state index in [1.54, 1.807) is 6.07 Å². The number of alkyl halides is 6. The fourth-order valence-corrected chi connectivity index (χ4v) is 3.20. The molecule has 7 nitrogen and oxygen atoms in total. The number of methoxy groups -OCH3 is 1. The van der Waals surface area contributed by atoms with Gasteiger partial charge in [-0.15, -0.1) is 0 Å². The molecule has 0 aliphatic carbocycles. The van der Waals surface area contributed by atoms with E-state index < -0.39 is 47.5 Å². The van der Waals surface area contributed by atoms with Crippen molar-refractivity contribution < 1.29 is 50.5 Å². The highest BCUT2D eigenvalue weighted by molar-refractivity contribution is 6.01. The van der Waals surface area contributed by atoms with E-state index in [0.29, 0.717) is 30.5 Å². The quantitative estimate of drug-likeness (QED) is 0.165. The van der Waals surface area contributed by atoms with Crippen LogP contribution in [0.3, 0.4) is 0 Å². The standard InChI is InChI=1S/C25H22F6N2O5/c1-37-21-11-15(10-17(13-32)23(36)33-9-3-2-4-22(34)35)5-8-20(21)38-14-16-6-7-18(24(26,27)28)12-19(16)25(29,30)31/h5-8,10-12H,2-4,9,14H2,1H3,(H,33,36)(H,34,35). The molecule has 2 rings (SSSR count). The first-order chi connectivity index (χ1) is 17.8. The molecule has 2 aromatic rings. The minimum atomic E-state index is -5.05. The third-order valence-corrected chi connectivity index (χ3v) is 5.09. The van der Waals surface area contributed by atoms with E-state index >= 15 is 0 Å². The third-order valence-electron chi connectivity index (χ3n) is 5.09. The molecule has 0 atom stereocenters. The van der Waals surface area contributed by atoms with Crippen molar-refractivity contribution in [2.24, 2.45) is 0 Å². The molecule has 0 bridgehead atoms. The Balaban J connectivity index is 2.18. The van der Waals surface area contributed by atoms with E-state index in [1.807, 2.05) is 0 Å². The van der Waals surface area contributed by atoms with Gasteiger partial charge in [-0.1, -0.05) is 12.1 Å². The lowest BCUT2D eigenvalue weighted by Gasteiger charge is -2.17. The van der Waals surface area contributed by atoms with Crippen molar-refractivity contribution in [3.8, 4) is 17.6 Å². The average molecular weight is 544 g/mol. The normalized spacial score (nSPS) is 12.0. The molecule has 2 aromatic carbocycles. The highest BCUT2D eigenvalue weighted by Crippen LogP contribution is 2.38. The Morgan fingerprint density at radius 3 is 2.32 bits per heavy atom. The number of carboxylic acid groups (broad SMARTS) is 1. The third kappa shape index (κ3) is 8.72. The number of nitriles is 1. The van der Waals surface area contributed by atoms with Gasteiger partial charge in [0.05, 0.1) is 18.2 Å². The van der Waals surface area contributed by atoms with Crippen LogP contribution in [0.15, 0.2) is 42.0 Å². The van der Waals surface area contributed by atoms with Gasteiger partial charge in [0.25, 0.3) is 5.91 Å². The Morgan fingerprint density at radius 1 is 1.03 bits per heavy atom. The van der Waals surface area contributed by atoms with Gasteiger partial charge in [-0.3, -0.25) is 9.59 Å². The van der Waals surface area contributed by atoms with Crippen molar-refractivity contribution in [1.82, 2.24) is 5.32 Å². The van der Waals surface area contributed by atoms with Gasteiger partial charge >= 0.3 is 18.3 Å². The summed E-state index contributed by atoms with van der Waals surface area (Å²) in [6, 6.07) is 7.03. The molecule has 0 fully saturated rings. The summed E-state index contributed by atoms with van der Waals surface area (Å²) in [4.78, 5) is 22.7. The number of amides is 1. The van der Waals surface area contributed by atoms with Crippen LogP contribution >= 0.6 is 0 Å². The number of hydrogen-bond acceptors (Lipinski definition) is 5. The lowest BCUT2D eigenvalue weighted by Crippen LogP contribution is -2.25. The summed E-state index contributed by atoms with van der Waals surface area (Å²) in [6.45, 7) is -0.558. The molecule has 0 unspecified atom stereocenters. The van der Waals surface area contributed by atoms with Gasteiger partial charge in [-0.05, 0) is 48.7 Å². The number of carboxylic acids is 1. The van der Waals surface area contributed by atoms with Crippen molar-refractivity contribution in [2.45, 2.75) is 38.2 Å². The number of hydrogen-bond donors (Lipinski definition) is 2. The first-order valence-electron chi connectivity index (χ1n) is 11.0. The maximum atomic E-state index is 13.4. The fourth-order valence-electron chi connectivity index (χ4n) is 3.20. The summed E-state index contributed by atoms with van der Waals surface area (Å²) in [5.74, 6) is -1.65. The van der Waals surface area contributed by atoms with Crippen molar-refractivity contribution >= 4 is 18.0 Å². The van der Waals surface area contributed by atoms with E-state index in [0.717, 1.165) is 0 Å². The molecule has 38 heavy (non-hydrogen) atoms. The minimum Gasteiger partial charge on any atom is -0.493 e. The molecule has 2 N–H and O–H groups in total. The van der Waals surface area contributed by atoms with Gasteiger partial charge in [0.2, 0.25) is 0 Å². The van der Waals surface area contributed by atoms with Crippen LogP contribution < -0.4 is 14.8 Å². The molecule has 204 valence electrons. The number of carbonyl (C=O) groups is 2. The van der Waals surface area contributed by atoms with Crippen LogP contribution in [0.2, 0.25) is 0 Å². The molecule has 0 saturated heterocycles. The number of nitrogens with zero attached hydrogens (tertiary/aromatic N) is 1. The first kappa shape index (κ1) is 30.0. The van der Waals surface area contributed by atoms with Crippen LogP contribution in [0, 0.1) is 11.3 Å². The summed E-state index contributed by atoms with van der Waals surface area (Å²) < 4.78 is 89.3. The Hall–Kier alpha value is -4.21. The maximum Gasteiger partial charge on any atom is 0.416 e. The Labute approximate surface area is 213 Å². The number of benzene rings is 2. The summed E-state index contributed by atoms with van der Waals surface area (Å²) in [7, 11) is 1.24. The van der Waals surface area contributed by atoms with Crippen LogP contribution in [0.5, 0.6) is 11.5 Å². The monoisotopic (exact) mass is 544 g/mol.